The molecule has 0 aromatic carbocycles. The van der Waals surface area contributed by atoms with E-state index in [1.807, 2.05) is 0 Å². The molecule has 1 saturated carbocycles. The predicted octanol–water partition coefficient (Wildman–Crippen LogP) is 2.07. The summed E-state index contributed by atoms with van der Waals surface area (Å²) in [6.07, 6.45) is 5.59. The van der Waals surface area contributed by atoms with E-state index in [1.165, 1.54) is 19.3 Å². The zero-order valence-electron chi connectivity index (χ0n) is 10.9. The highest BCUT2D eigenvalue weighted by Gasteiger charge is 2.22. The average molecular weight is 226 g/mol. The molecule has 1 rings (SSSR count). The van der Waals surface area contributed by atoms with Crippen LogP contribution in [0.25, 0.3) is 0 Å². The fraction of sp³-hybridized carbons (Fsp3) is 0.923. The van der Waals surface area contributed by atoms with E-state index in [0.717, 1.165) is 13.0 Å². The van der Waals surface area contributed by atoms with Crippen LogP contribution in [-0.4, -0.2) is 24.5 Å². The van der Waals surface area contributed by atoms with E-state index in [9.17, 15) is 4.79 Å². The number of amides is 1. The highest BCUT2D eigenvalue weighted by molar-refractivity contribution is 5.76. The lowest BCUT2D eigenvalue weighted by Crippen LogP contribution is -2.43. The molecule has 3 nitrogen and oxygen atoms in total. The maximum atomic E-state index is 11.8. The van der Waals surface area contributed by atoms with Crippen molar-refractivity contribution in [1.29, 1.82) is 0 Å². The summed E-state index contributed by atoms with van der Waals surface area (Å²) < 4.78 is 0. The number of nitrogens with one attached hydrogen (secondary N) is 2. The first-order valence-electron chi connectivity index (χ1n) is 6.66. The summed E-state index contributed by atoms with van der Waals surface area (Å²) in [4.78, 5) is 11.8. The quantitative estimate of drug-likeness (QED) is 0.753. The maximum absolute atomic E-state index is 11.8. The first kappa shape index (κ1) is 13.5. The van der Waals surface area contributed by atoms with Crippen molar-refractivity contribution in [2.24, 2.45) is 5.92 Å². The summed E-state index contributed by atoms with van der Waals surface area (Å²) in [7, 11) is 0. The number of carbonyl (C=O) groups is 1. The molecule has 16 heavy (non-hydrogen) atoms. The van der Waals surface area contributed by atoms with Gasteiger partial charge >= 0.3 is 0 Å². The highest BCUT2D eigenvalue weighted by Crippen LogP contribution is 2.23. The Kier molecular flexibility index (Phi) is 5.81. The van der Waals surface area contributed by atoms with Gasteiger partial charge in [-0.25, -0.2) is 0 Å². The molecule has 2 N–H and O–H groups in total. The van der Waals surface area contributed by atoms with Crippen molar-refractivity contribution in [2.45, 2.75) is 65.0 Å². The lowest BCUT2D eigenvalue weighted by atomic mass is 9.86. The van der Waals surface area contributed by atoms with Crippen LogP contribution in [0.2, 0.25) is 0 Å². The minimum absolute atomic E-state index is 0.201. The minimum atomic E-state index is 0.201. The Morgan fingerprint density at radius 2 is 2.06 bits per heavy atom. The van der Waals surface area contributed by atoms with Crippen LogP contribution >= 0.6 is 0 Å². The zero-order chi connectivity index (χ0) is 12.0. The van der Waals surface area contributed by atoms with Crippen molar-refractivity contribution in [2.75, 3.05) is 6.54 Å². The second kappa shape index (κ2) is 6.89. The molecule has 0 saturated heterocycles. The van der Waals surface area contributed by atoms with E-state index in [-0.39, 0.29) is 11.9 Å². The molecule has 0 heterocycles. The molecule has 0 aromatic heterocycles. The molecule has 0 spiro atoms. The van der Waals surface area contributed by atoms with Gasteiger partial charge in [-0.05, 0) is 32.2 Å². The van der Waals surface area contributed by atoms with Crippen LogP contribution in [0.1, 0.15) is 52.9 Å². The molecule has 1 aliphatic carbocycles. The Hall–Kier alpha value is -0.570. The van der Waals surface area contributed by atoms with Gasteiger partial charge < -0.3 is 10.6 Å². The molecule has 0 aliphatic heterocycles. The minimum Gasteiger partial charge on any atom is -0.353 e. The number of hydrogen-bond donors (Lipinski definition) is 2. The van der Waals surface area contributed by atoms with Crippen molar-refractivity contribution < 1.29 is 4.79 Å². The smallest absolute Gasteiger partial charge is 0.221 e. The largest absolute Gasteiger partial charge is 0.353 e. The van der Waals surface area contributed by atoms with E-state index in [1.54, 1.807) is 0 Å². The van der Waals surface area contributed by atoms with E-state index in [2.05, 4.69) is 31.4 Å². The summed E-state index contributed by atoms with van der Waals surface area (Å²) in [5, 5.41) is 6.44. The van der Waals surface area contributed by atoms with Gasteiger partial charge in [0.1, 0.15) is 0 Å². The van der Waals surface area contributed by atoms with Crippen molar-refractivity contribution in [1.82, 2.24) is 10.6 Å². The summed E-state index contributed by atoms with van der Waals surface area (Å²) in [6, 6.07) is 0.693. The average Bonchev–Trinajstić information content (AvgIpc) is 2.21. The van der Waals surface area contributed by atoms with Crippen molar-refractivity contribution in [3.63, 3.8) is 0 Å². The van der Waals surface area contributed by atoms with E-state index in [4.69, 9.17) is 0 Å². The number of hydrogen-bond acceptors (Lipinski definition) is 2. The summed E-state index contributed by atoms with van der Waals surface area (Å²) >= 11 is 0. The van der Waals surface area contributed by atoms with Crippen LogP contribution in [0.4, 0.5) is 0 Å². The molecule has 0 radical (unpaired) electrons. The van der Waals surface area contributed by atoms with E-state index in [0.29, 0.717) is 18.4 Å². The van der Waals surface area contributed by atoms with E-state index < -0.39 is 0 Å². The second-order valence-corrected chi connectivity index (χ2v) is 5.10. The molecule has 94 valence electrons. The molecule has 1 amide bonds. The molecule has 1 aliphatic rings. The Balaban J connectivity index is 2.27. The SMILES string of the molecule is CCNC(C)CC(=O)NC1CCCCC1C. The Labute approximate surface area is 99.4 Å². The summed E-state index contributed by atoms with van der Waals surface area (Å²) in [6.45, 7) is 7.30. The second-order valence-electron chi connectivity index (χ2n) is 5.10. The highest BCUT2D eigenvalue weighted by atomic mass is 16.1. The lowest BCUT2D eigenvalue weighted by molar-refractivity contribution is -0.122. The van der Waals surface area contributed by atoms with Gasteiger partial charge in [0.05, 0.1) is 0 Å². The first-order valence-corrected chi connectivity index (χ1v) is 6.66. The van der Waals surface area contributed by atoms with Crippen LogP contribution in [0.15, 0.2) is 0 Å². The maximum Gasteiger partial charge on any atom is 0.221 e. The van der Waals surface area contributed by atoms with Gasteiger partial charge in [-0.1, -0.05) is 26.7 Å². The van der Waals surface area contributed by atoms with Crippen LogP contribution in [0.3, 0.4) is 0 Å². The van der Waals surface area contributed by atoms with Crippen LogP contribution in [0.5, 0.6) is 0 Å². The fourth-order valence-electron chi connectivity index (χ4n) is 2.50. The van der Waals surface area contributed by atoms with Gasteiger partial charge in [0.2, 0.25) is 5.91 Å². The van der Waals surface area contributed by atoms with Crippen molar-refractivity contribution in [3.8, 4) is 0 Å². The zero-order valence-corrected chi connectivity index (χ0v) is 10.9. The number of carbonyl (C=O) groups excluding carboxylic acids is 1. The van der Waals surface area contributed by atoms with Crippen LogP contribution in [-0.2, 0) is 4.79 Å². The molecule has 1 fully saturated rings. The Bertz CT molecular complexity index is 218. The predicted molar refractivity (Wildman–Crippen MR) is 67.3 cm³/mol. The topological polar surface area (TPSA) is 41.1 Å². The van der Waals surface area contributed by atoms with Crippen molar-refractivity contribution >= 4 is 5.91 Å². The summed E-state index contributed by atoms with van der Waals surface area (Å²) in [5.41, 5.74) is 0. The third kappa shape index (κ3) is 4.52. The Morgan fingerprint density at radius 1 is 1.38 bits per heavy atom. The molecule has 3 atom stereocenters. The molecular weight excluding hydrogens is 200 g/mol. The number of rotatable bonds is 5. The van der Waals surface area contributed by atoms with Gasteiger partial charge in [-0.2, -0.15) is 0 Å². The van der Waals surface area contributed by atoms with Gasteiger partial charge in [-0.15, -0.1) is 0 Å². The monoisotopic (exact) mass is 226 g/mol. The fourth-order valence-corrected chi connectivity index (χ4v) is 2.50. The summed E-state index contributed by atoms with van der Waals surface area (Å²) in [5.74, 6) is 0.847. The first-order chi connectivity index (χ1) is 7.63. The van der Waals surface area contributed by atoms with Crippen LogP contribution in [0, 0.1) is 5.92 Å². The normalized spacial score (nSPS) is 27.4. The third-order valence-electron chi connectivity index (χ3n) is 3.50. The van der Waals surface area contributed by atoms with Gasteiger partial charge in [0.15, 0.2) is 0 Å². The Morgan fingerprint density at radius 3 is 2.69 bits per heavy atom. The van der Waals surface area contributed by atoms with E-state index >= 15 is 0 Å². The molecule has 3 heteroatoms. The standard InChI is InChI=1S/C13H26N2O/c1-4-14-11(3)9-13(16)15-12-8-6-5-7-10(12)2/h10-12,14H,4-9H2,1-3H3,(H,15,16). The molecular formula is C13H26N2O. The van der Waals surface area contributed by atoms with Gasteiger partial charge in [-0.3, -0.25) is 4.79 Å². The molecule has 0 bridgehead atoms. The van der Waals surface area contributed by atoms with Gasteiger partial charge in [0, 0.05) is 18.5 Å². The third-order valence-corrected chi connectivity index (χ3v) is 3.50. The van der Waals surface area contributed by atoms with Crippen molar-refractivity contribution in [3.05, 3.63) is 0 Å². The van der Waals surface area contributed by atoms with Crippen LogP contribution < -0.4 is 10.6 Å². The lowest BCUT2D eigenvalue weighted by Gasteiger charge is -2.29. The van der Waals surface area contributed by atoms with Gasteiger partial charge in [0.25, 0.3) is 0 Å². The molecule has 3 unspecified atom stereocenters. The molecule has 0 aromatic rings.